The second kappa shape index (κ2) is 8.23. The monoisotopic (exact) mass is 386 g/mol. The summed E-state index contributed by atoms with van der Waals surface area (Å²) in [7, 11) is -3.72. The molecule has 0 radical (unpaired) electrons. The molecule has 1 aliphatic rings. The fourth-order valence-electron chi connectivity index (χ4n) is 3.34. The molecule has 2 aromatic carbocycles. The Morgan fingerprint density at radius 2 is 1.70 bits per heavy atom. The molecule has 0 aliphatic carbocycles. The van der Waals surface area contributed by atoms with Gasteiger partial charge in [-0.3, -0.25) is 4.79 Å². The van der Waals surface area contributed by atoms with E-state index in [0.29, 0.717) is 12.1 Å². The Balaban J connectivity index is 1.90. The van der Waals surface area contributed by atoms with E-state index < -0.39 is 10.0 Å². The number of rotatable bonds is 6. The lowest BCUT2D eigenvalue weighted by atomic mass is 10.2. The Morgan fingerprint density at radius 1 is 1.04 bits per heavy atom. The number of sulfonamides is 1. The lowest BCUT2D eigenvalue weighted by molar-refractivity contribution is 0.0792. The highest BCUT2D eigenvalue weighted by Crippen LogP contribution is 2.23. The largest absolute Gasteiger partial charge is 0.339 e. The number of nitrogens with zero attached hydrogens (tertiary/aromatic N) is 2. The molecule has 0 saturated carbocycles. The number of hydrogen-bond donors (Lipinski definition) is 0. The topological polar surface area (TPSA) is 57.7 Å². The van der Waals surface area contributed by atoms with Crippen molar-refractivity contribution >= 4 is 15.9 Å². The van der Waals surface area contributed by atoms with Gasteiger partial charge in [-0.1, -0.05) is 36.4 Å². The first-order valence-electron chi connectivity index (χ1n) is 9.34. The molecular formula is C21H26N2O3S. The van der Waals surface area contributed by atoms with Crippen molar-refractivity contribution in [3.05, 3.63) is 65.7 Å². The Hall–Kier alpha value is -2.18. The highest BCUT2D eigenvalue weighted by atomic mass is 32.2. The molecule has 1 amide bonds. The highest BCUT2D eigenvalue weighted by molar-refractivity contribution is 7.89. The second-order valence-corrected chi connectivity index (χ2v) is 9.05. The van der Waals surface area contributed by atoms with Crippen molar-refractivity contribution in [2.45, 2.75) is 44.2 Å². The van der Waals surface area contributed by atoms with Crippen LogP contribution in [0.1, 0.15) is 42.6 Å². The van der Waals surface area contributed by atoms with Gasteiger partial charge in [0.2, 0.25) is 10.0 Å². The standard InChI is InChI=1S/C21H26N2O3S/c1-17(2)23(16-18-9-4-3-5-10-18)27(25,26)20-12-8-11-19(15-20)21(24)22-13-6-7-14-22/h3-5,8-12,15,17H,6-7,13-14,16H2,1-2H3. The maximum Gasteiger partial charge on any atom is 0.253 e. The van der Waals surface area contributed by atoms with E-state index in [9.17, 15) is 13.2 Å². The van der Waals surface area contributed by atoms with Crippen molar-refractivity contribution in [1.82, 2.24) is 9.21 Å². The van der Waals surface area contributed by atoms with Crippen molar-refractivity contribution in [2.24, 2.45) is 0 Å². The molecule has 1 aliphatic heterocycles. The molecule has 5 nitrogen and oxygen atoms in total. The van der Waals surface area contributed by atoms with Gasteiger partial charge >= 0.3 is 0 Å². The number of hydrogen-bond acceptors (Lipinski definition) is 3. The minimum absolute atomic E-state index is 0.0938. The minimum atomic E-state index is -3.72. The number of likely N-dealkylation sites (tertiary alicyclic amines) is 1. The number of amides is 1. The smallest absolute Gasteiger partial charge is 0.253 e. The maximum absolute atomic E-state index is 13.3. The zero-order valence-electron chi connectivity index (χ0n) is 15.8. The van der Waals surface area contributed by atoms with Crippen LogP contribution in [0.15, 0.2) is 59.5 Å². The van der Waals surface area contributed by atoms with Crippen LogP contribution in [-0.2, 0) is 16.6 Å². The molecule has 0 N–H and O–H groups in total. The highest BCUT2D eigenvalue weighted by Gasteiger charge is 2.28. The van der Waals surface area contributed by atoms with Crippen LogP contribution in [0.2, 0.25) is 0 Å². The molecular weight excluding hydrogens is 360 g/mol. The molecule has 0 bridgehead atoms. The normalized spacial score (nSPS) is 14.9. The Labute approximate surface area is 161 Å². The molecule has 2 aromatic rings. The van der Waals surface area contributed by atoms with Crippen molar-refractivity contribution in [2.75, 3.05) is 13.1 Å². The van der Waals surface area contributed by atoms with Crippen LogP contribution in [0.25, 0.3) is 0 Å². The van der Waals surface area contributed by atoms with Gasteiger partial charge in [-0.25, -0.2) is 8.42 Å². The lowest BCUT2D eigenvalue weighted by Gasteiger charge is -2.26. The van der Waals surface area contributed by atoms with Crippen LogP contribution < -0.4 is 0 Å². The zero-order chi connectivity index (χ0) is 19.4. The van der Waals surface area contributed by atoms with E-state index in [2.05, 4.69) is 0 Å². The van der Waals surface area contributed by atoms with Gasteiger partial charge in [-0.2, -0.15) is 4.31 Å². The van der Waals surface area contributed by atoms with E-state index >= 15 is 0 Å². The average Bonchev–Trinajstić information content (AvgIpc) is 3.21. The van der Waals surface area contributed by atoms with Crippen molar-refractivity contribution in [1.29, 1.82) is 0 Å². The molecule has 0 atom stereocenters. The average molecular weight is 387 g/mol. The summed E-state index contributed by atoms with van der Waals surface area (Å²) in [5.41, 5.74) is 1.36. The van der Waals surface area contributed by atoms with Gasteiger partial charge < -0.3 is 4.90 Å². The first-order chi connectivity index (χ1) is 12.9. The second-order valence-electron chi connectivity index (χ2n) is 7.16. The van der Waals surface area contributed by atoms with Gasteiger partial charge in [0.1, 0.15) is 0 Å². The van der Waals surface area contributed by atoms with Crippen molar-refractivity contribution in [3.8, 4) is 0 Å². The molecule has 6 heteroatoms. The van der Waals surface area contributed by atoms with E-state index in [-0.39, 0.29) is 16.8 Å². The molecule has 0 unspecified atom stereocenters. The summed E-state index contributed by atoms with van der Waals surface area (Å²) in [6.07, 6.45) is 2.00. The summed E-state index contributed by atoms with van der Waals surface area (Å²) < 4.78 is 28.0. The minimum Gasteiger partial charge on any atom is -0.339 e. The Morgan fingerprint density at radius 3 is 2.33 bits per heavy atom. The summed E-state index contributed by atoms with van der Waals surface area (Å²) in [5.74, 6) is -0.0938. The third-order valence-corrected chi connectivity index (χ3v) is 6.86. The molecule has 0 aromatic heterocycles. The summed E-state index contributed by atoms with van der Waals surface area (Å²) in [6, 6.07) is 15.8. The van der Waals surface area contributed by atoms with Gasteiger partial charge in [-0.15, -0.1) is 0 Å². The maximum atomic E-state index is 13.3. The van der Waals surface area contributed by atoms with Gasteiger partial charge in [0, 0.05) is 31.2 Å². The molecule has 1 heterocycles. The summed E-state index contributed by atoms with van der Waals surface area (Å²) in [5, 5.41) is 0. The van der Waals surface area contributed by atoms with Crippen LogP contribution in [0, 0.1) is 0 Å². The predicted molar refractivity (Wildman–Crippen MR) is 106 cm³/mol. The third-order valence-electron chi connectivity index (χ3n) is 4.84. The summed E-state index contributed by atoms with van der Waals surface area (Å²) in [6.45, 7) is 5.49. The van der Waals surface area contributed by atoms with Gasteiger partial charge in [0.25, 0.3) is 5.91 Å². The van der Waals surface area contributed by atoms with E-state index in [4.69, 9.17) is 0 Å². The summed E-state index contributed by atoms with van der Waals surface area (Å²) in [4.78, 5) is 14.6. The molecule has 27 heavy (non-hydrogen) atoms. The molecule has 0 spiro atoms. The fraction of sp³-hybridized carbons (Fsp3) is 0.381. The lowest BCUT2D eigenvalue weighted by Crippen LogP contribution is -2.36. The van der Waals surface area contributed by atoms with Crippen molar-refractivity contribution in [3.63, 3.8) is 0 Å². The Bertz CT molecular complexity index is 889. The quantitative estimate of drug-likeness (QED) is 0.763. The van der Waals surface area contributed by atoms with E-state index in [1.807, 2.05) is 44.2 Å². The van der Waals surface area contributed by atoms with Gasteiger partial charge in [0.15, 0.2) is 0 Å². The number of carbonyl (C=O) groups excluding carboxylic acids is 1. The van der Waals surface area contributed by atoms with Crippen LogP contribution in [0.3, 0.4) is 0 Å². The Kier molecular flexibility index (Phi) is 5.97. The third kappa shape index (κ3) is 4.39. The number of carbonyl (C=O) groups is 1. The van der Waals surface area contributed by atoms with Crippen LogP contribution >= 0.6 is 0 Å². The first kappa shape index (κ1) is 19.6. The zero-order valence-corrected chi connectivity index (χ0v) is 16.7. The van der Waals surface area contributed by atoms with Crippen LogP contribution in [-0.4, -0.2) is 42.7 Å². The van der Waals surface area contributed by atoms with E-state index in [1.165, 1.54) is 10.4 Å². The van der Waals surface area contributed by atoms with E-state index in [0.717, 1.165) is 31.5 Å². The number of benzene rings is 2. The molecule has 1 fully saturated rings. The SMILES string of the molecule is CC(C)N(Cc1ccccc1)S(=O)(=O)c1cccc(C(=O)N2CCCC2)c1. The van der Waals surface area contributed by atoms with Crippen LogP contribution in [0.5, 0.6) is 0 Å². The fourth-order valence-corrected chi connectivity index (χ4v) is 5.01. The predicted octanol–water partition coefficient (Wildman–Crippen LogP) is 3.52. The van der Waals surface area contributed by atoms with E-state index in [1.54, 1.807) is 23.1 Å². The molecule has 1 saturated heterocycles. The summed E-state index contributed by atoms with van der Waals surface area (Å²) >= 11 is 0. The molecule has 144 valence electrons. The first-order valence-corrected chi connectivity index (χ1v) is 10.8. The van der Waals surface area contributed by atoms with Gasteiger partial charge in [0.05, 0.1) is 4.90 Å². The van der Waals surface area contributed by atoms with Gasteiger partial charge in [-0.05, 0) is 50.5 Å². The van der Waals surface area contributed by atoms with Crippen molar-refractivity contribution < 1.29 is 13.2 Å². The van der Waals surface area contributed by atoms with Crippen LogP contribution in [0.4, 0.5) is 0 Å². The molecule has 3 rings (SSSR count).